The van der Waals surface area contributed by atoms with Gasteiger partial charge in [0.05, 0.1) is 34.5 Å². The number of halogens is 2. The van der Waals surface area contributed by atoms with Crippen molar-refractivity contribution >= 4 is 23.2 Å². The largest absolute Gasteiger partial charge is 0.347 e. The molecule has 0 saturated heterocycles. The minimum atomic E-state index is -0.448. The number of hydrogen-bond acceptors (Lipinski definition) is 3. The Morgan fingerprint density at radius 3 is 3.20 bits per heavy atom. The first-order chi connectivity index (χ1) is 9.63. The summed E-state index contributed by atoms with van der Waals surface area (Å²) in [6.07, 6.45) is 2.09. The summed E-state index contributed by atoms with van der Waals surface area (Å²) in [5, 5.41) is 6.03. The number of aromatic nitrogens is 2. The van der Waals surface area contributed by atoms with Gasteiger partial charge in [-0.1, -0.05) is 11.6 Å². The first kappa shape index (κ1) is 13.1. The molecule has 0 bridgehead atoms. The second-order valence-electron chi connectivity index (χ2n) is 4.58. The lowest BCUT2D eigenvalue weighted by Crippen LogP contribution is -2.44. The van der Waals surface area contributed by atoms with E-state index in [4.69, 9.17) is 11.6 Å². The second-order valence-corrected chi connectivity index (χ2v) is 4.99. The van der Waals surface area contributed by atoms with Crippen LogP contribution in [0.4, 0.5) is 10.1 Å². The van der Waals surface area contributed by atoms with E-state index in [-0.39, 0.29) is 11.6 Å². The number of imidazole rings is 1. The van der Waals surface area contributed by atoms with Crippen LogP contribution in [-0.4, -0.2) is 21.9 Å². The number of amides is 1. The number of anilines is 1. The summed E-state index contributed by atoms with van der Waals surface area (Å²) in [6, 6.07) is 3.44. The van der Waals surface area contributed by atoms with Gasteiger partial charge in [0.25, 0.3) is 0 Å². The zero-order valence-electron chi connectivity index (χ0n) is 10.4. The van der Waals surface area contributed by atoms with Crippen molar-refractivity contribution in [1.29, 1.82) is 0 Å². The fraction of sp³-hybridized carbons (Fsp3) is 0.231. The van der Waals surface area contributed by atoms with Crippen LogP contribution in [-0.2, 0) is 17.8 Å². The monoisotopic (exact) mass is 294 g/mol. The number of nitrogens with zero attached hydrogens (tertiary/aromatic N) is 1. The van der Waals surface area contributed by atoms with Gasteiger partial charge in [-0.25, -0.2) is 9.37 Å². The topological polar surface area (TPSA) is 69.8 Å². The second kappa shape index (κ2) is 5.22. The van der Waals surface area contributed by atoms with Crippen LogP contribution in [0.25, 0.3) is 0 Å². The van der Waals surface area contributed by atoms with E-state index in [1.807, 2.05) is 0 Å². The molecule has 20 heavy (non-hydrogen) atoms. The molecule has 2 heterocycles. The van der Waals surface area contributed by atoms with Gasteiger partial charge in [0, 0.05) is 13.0 Å². The smallest absolute Gasteiger partial charge is 0.241 e. The molecule has 0 fully saturated rings. The van der Waals surface area contributed by atoms with Crippen LogP contribution in [0.5, 0.6) is 0 Å². The molecule has 1 aromatic carbocycles. The third kappa shape index (κ3) is 2.52. The van der Waals surface area contributed by atoms with Crippen LogP contribution >= 0.6 is 11.6 Å². The highest BCUT2D eigenvalue weighted by Crippen LogP contribution is 2.23. The first-order valence-electron chi connectivity index (χ1n) is 6.14. The Bertz CT molecular complexity index is 658. The molecule has 3 N–H and O–H groups in total. The lowest BCUT2D eigenvalue weighted by atomic mass is 10.0. The summed E-state index contributed by atoms with van der Waals surface area (Å²) in [6.45, 7) is 0.546. The molecule has 1 aliphatic rings. The van der Waals surface area contributed by atoms with Crippen molar-refractivity contribution in [3.63, 3.8) is 0 Å². The highest BCUT2D eigenvalue weighted by molar-refractivity contribution is 6.33. The Morgan fingerprint density at radius 2 is 2.35 bits per heavy atom. The highest BCUT2D eigenvalue weighted by atomic mass is 35.5. The van der Waals surface area contributed by atoms with Crippen molar-refractivity contribution in [1.82, 2.24) is 15.3 Å². The van der Waals surface area contributed by atoms with Crippen molar-refractivity contribution in [3.05, 3.63) is 46.8 Å². The van der Waals surface area contributed by atoms with E-state index in [9.17, 15) is 9.18 Å². The number of fused-ring (bicyclic) bond motifs is 1. The van der Waals surface area contributed by atoms with Gasteiger partial charge >= 0.3 is 0 Å². The molecule has 1 amide bonds. The summed E-state index contributed by atoms with van der Waals surface area (Å²) in [4.78, 5) is 19.3. The number of nitrogens with one attached hydrogen (secondary N) is 3. The van der Waals surface area contributed by atoms with Crippen LogP contribution in [0.2, 0.25) is 5.02 Å². The molecule has 1 aromatic heterocycles. The van der Waals surface area contributed by atoms with Gasteiger partial charge in [0.2, 0.25) is 5.91 Å². The number of carbonyl (C=O) groups excluding carboxylic acids is 1. The number of benzene rings is 1. The maximum absolute atomic E-state index is 13.2. The van der Waals surface area contributed by atoms with Crippen molar-refractivity contribution in [2.75, 3.05) is 5.32 Å². The lowest BCUT2D eigenvalue weighted by Gasteiger charge is -2.22. The van der Waals surface area contributed by atoms with Gasteiger partial charge in [-0.3, -0.25) is 10.1 Å². The molecule has 104 valence electrons. The molecule has 7 heteroatoms. The summed E-state index contributed by atoms with van der Waals surface area (Å²) >= 11 is 5.92. The van der Waals surface area contributed by atoms with E-state index in [0.29, 0.717) is 18.0 Å². The van der Waals surface area contributed by atoms with Crippen molar-refractivity contribution in [3.8, 4) is 0 Å². The molecule has 0 spiro atoms. The lowest BCUT2D eigenvalue weighted by molar-refractivity contribution is -0.118. The molecular weight excluding hydrogens is 283 g/mol. The van der Waals surface area contributed by atoms with Crippen molar-refractivity contribution in [2.45, 2.75) is 19.0 Å². The van der Waals surface area contributed by atoms with E-state index in [1.54, 1.807) is 6.33 Å². The molecule has 1 atom stereocenters. The Kier molecular flexibility index (Phi) is 3.42. The molecule has 5 nitrogen and oxygen atoms in total. The third-order valence-corrected chi connectivity index (χ3v) is 3.56. The van der Waals surface area contributed by atoms with Crippen LogP contribution in [0.3, 0.4) is 0 Å². The Hall–Kier alpha value is -1.92. The molecule has 1 unspecified atom stereocenters. The van der Waals surface area contributed by atoms with E-state index in [0.717, 1.165) is 11.4 Å². The van der Waals surface area contributed by atoms with Gasteiger partial charge in [-0.05, 0) is 18.2 Å². The zero-order valence-corrected chi connectivity index (χ0v) is 11.2. The standard InChI is InChI=1S/C13H12ClFN4O/c14-8-2-1-7(15)3-9(8)19-13(20)11-4-10-12(5-16-11)18-6-17-10/h1-3,6,11,16H,4-5H2,(H,17,18)(H,19,20). The normalized spacial score (nSPS) is 17.6. The molecule has 0 aliphatic carbocycles. The molecule has 0 saturated carbocycles. The Morgan fingerprint density at radius 1 is 1.50 bits per heavy atom. The number of hydrogen-bond donors (Lipinski definition) is 3. The van der Waals surface area contributed by atoms with Gasteiger partial charge in [0.1, 0.15) is 5.82 Å². The fourth-order valence-electron chi connectivity index (χ4n) is 2.17. The van der Waals surface area contributed by atoms with E-state index in [1.165, 1.54) is 18.2 Å². The fourth-order valence-corrected chi connectivity index (χ4v) is 2.33. The van der Waals surface area contributed by atoms with Gasteiger partial charge in [-0.15, -0.1) is 0 Å². The van der Waals surface area contributed by atoms with E-state index >= 15 is 0 Å². The first-order valence-corrected chi connectivity index (χ1v) is 6.51. The number of H-pyrrole nitrogens is 1. The van der Waals surface area contributed by atoms with Gasteiger partial charge in [-0.2, -0.15) is 0 Å². The zero-order chi connectivity index (χ0) is 14.1. The maximum Gasteiger partial charge on any atom is 0.241 e. The summed E-state index contributed by atoms with van der Waals surface area (Å²) < 4.78 is 13.2. The predicted octanol–water partition coefficient (Wildman–Crippen LogP) is 1.86. The quantitative estimate of drug-likeness (QED) is 0.792. The van der Waals surface area contributed by atoms with Gasteiger partial charge in [0.15, 0.2) is 0 Å². The van der Waals surface area contributed by atoms with Crippen LogP contribution < -0.4 is 10.6 Å². The predicted molar refractivity (Wildman–Crippen MR) is 73.0 cm³/mol. The number of aromatic amines is 1. The molecular formula is C13H12ClFN4O. The number of rotatable bonds is 2. The minimum absolute atomic E-state index is 0.258. The van der Waals surface area contributed by atoms with Crippen LogP contribution in [0.15, 0.2) is 24.5 Å². The average Bonchev–Trinajstić information content (AvgIpc) is 2.90. The highest BCUT2D eigenvalue weighted by Gasteiger charge is 2.26. The average molecular weight is 295 g/mol. The Balaban J connectivity index is 1.73. The van der Waals surface area contributed by atoms with Gasteiger partial charge < -0.3 is 10.3 Å². The van der Waals surface area contributed by atoms with E-state index < -0.39 is 11.9 Å². The SMILES string of the molecule is O=C(Nc1cc(F)ccc1Cl)C1Cc2nc[nH]c2CN1. The third-order valence-electron chi connectivity index (χ3n) is 3.23. The Labute approximate surface area is 119 Å². The molecule has 2 aromatic rings. The summed E-state index contributed by atoms with van der Waals surface area (Å²) in [7, 11) is 0. The molecule has 0 radical (unpaired) electrons. The van der Waals surface area contributed by atoms with Crippen LogP contribution in [0.1, 0.15) is 11.4 Å². The maximum atomic E-state index is 13.2. The van der Waals surface area contributed by atoms with Crippen LogP contribution in [0, 0.1) is 5.82 Å². The summed E-state index contributed by atoms with van der Waals surface area (Å²) in [5.41, 5.74) is 2.12. The van der Waals surface area contributed by atoms with E-state index in [2.05, 4.69) is 20.6 Å². The summed E-state index contributed by atoms with van der Waals surface area (Å²) in [5.74, 6) is -0.706. The van der Waals surface area contributed by atoms with Crippen molar-refractivity contribution < 1.29 is 9.18 Å². The van der Waals surface area contributed by atoms with Crippen molar-refractivity contribution in [2.24, 2.45) is 0 Å². The molecule has 1 aliphatic heterocycles. The number of carbonyl (C=O) groups is 1. The molecule has 3 rings (SSSR count). The minimum Gasteiger partial charge on any atom is -0.347 e.